The summed E-state index contributed by atoms with van der Waals surface area (Å²) in [5.74, 6) is -0.240. The van der Waals surface area contributed by atoms with Crippen LogP contribution in [0.25, 0.3) is 0 Å². The van der Waals surface area contributed by atoms with Crippen molar-refractivity contribution in [2.75, 3.05) is 5.73 Å². The standard InChI is InChI=1S/C12H13N3O2S/c13-12-14-10(8-18-12)6-11(16)15-17-7-9-4-2-1-3-5-9/h1-5,8H,6-7H2,(H2,13,14)(H,15,16). The van der Waals surface area contributed by atoms with Gasteiger partial charge in [0.15, 0.2) is 5.13 Å². The highest BCUT2D eigenvalue weighted by Gasteiger charge is 2.06. The van der Waals surface area contributed by atoms with Crippen LogP contribution < -0.4 is 11.2 Å². The van der Waals surface area contributed by atoms with Gasteiger partial charge in [-0.05, 0) is 5.56 Å². The summed E-state index contributed by atoms with van der Waals surface area (Å²) in [6.45, 7) is 0.339. The summed E-state index contributed by atoms with van der Waals surface area (Å²) in [7, 11) is 0. The van der Waals surface area contributed by atoms with Gasteiger partial charge in [-0.2, -0.15) is 0 Å². The second-order valence-electron chi connectivity index (χ2n) is 3.65. The highest BCUT2D eigenvalue weighted by atomic mass is 32.1. The van der Waals surface area contributed by atoms with Gasteiger partial charge < -0.3 is 5.73 Å². The summed E-state index contributed by atoms with van der Waals surface area (Å²) >= 11 is 1.31. The predicted molar refractivity (Wildman–Crippen MR) is 69.6 cm³/mol. The van der Waals surface area contributed by atoms with Gasteiger partial charge in [0.05, 0.1) is 18.7 Å². The predicted octanol–water partition coefficient (Wildman–Crippen LogP) is 1.52. The summed E-state index contributed by atoms with van der Waals surface area (Å²) in [6.07, 6.45) is 0.169. The molecule has 0 aliphatic heterocycles. The SMILES string of the molecule is Nc1nc(CC(=O)NOCc2ccccc2)cs1. The largest absolute Gasteiger partial charge is 0.375 e. The van der Waals surface area contributed by atoms with Crippen LogP contribution in [0.2, 0.25) is 0 Å². The fourth-order valence-electron chi connectivity index (χ4n) is 1.38. The first-order valence-electron chi connectivity index (χ1n) is 5.38. The third-order valence-corrected chi connectivity index (χ3v) is 2.90. The van der Waals surface area contributed by atoms with Gasteiger partial charge in [0.25, 0.3) is 0 Å². The number of nitrogen functional groups attached to an aromatic ring is 1. The summed E-state index contributed by atoms with van der Waals surface area (Å²) in [5.41, 5.74) is 9.50. The Kier molecular flexibility index (Phi) is 4.27. The van der Waals surface area contributed by atoms with Crippen LogP contribution in [0.1, 0.15) is 11.3 Å². The molecule has 0 saturated carbocycles. The van der Waals surface area contributed by atoms with Crippen molar-refractivity contribution in [3.05, 3.63) is 47.0 Å². The lowest BCUT2D eigenvalue weighted by Gasteiger charge is -2.04. The van der Waals surface area contributed by atoms with Gasteiger partial charge in [-0.3, -0.25) is 9.63 Å². The zero-order valence-corrected chi connectivity index (χ0v) is 10.4. The van der Waals surface area contributed by atoms with Gasteiger partial charge in [-0.25, -0.2) is 10.5 Å². The van der Waals surface area contributed by atoms with E-state index in [9.17, 15) is 4.79 Å². The van der Waals surface area contributed by atoms with Gasteiger partial charge in [-0.15, -0.1) is 11.3 Å². The number of carbonyl (C=O) groups excluding carboxylic acids is 1. The fourth-order valence-corrected chi connectivity index (χ4v) is 1.94. The first kappa shape index (κ1) is 12.5. The lowest BCUT2D eigenvalue weighted by Crippen LogP contribution is -2.25. The molecule has 1 aromatic carbocycles. The van der Waals surface area contributed by atoms with Crippen molar-refractivity contribution in [1.82, 2.24) is 10.5 Å². The van der Waals surface area contributed by atoms with Gasteiger partial charge in [0, 0.05) is 5.38 Å². The quantitative estimate of drug-likeness (QED) is 0.802. The summed E-state index contributed by atoms with van der Waals surface area (Å²) in [5, 5.41) is 2.22. The number of nitrogens with zero attached hydrogens (tertiary/aromatic N) is 1. The molecule has 0 atom stereocenters. The molecular formula is C12H13N3O2S. The van der Waals surface area contributed by atoms with Crippen molar-refractivity contribution in [2.24, 2.45) is 0 Å². The van der Waals surface area contributed by atoms with E-state index in [1.54, 1.807) is 5.38 Å². The molecule has 0 saturated heterocycles. The lowest BCUT2D eigenvalue weighted by atomic mass is 10.2. The molecule has 0 bridgehead atoms. The zero-order chi connectivity index (χ0) is 12.8. The number of hydrogen-bond acceptors (Lipinski definition) is 5. The summed E-state index contributed by atoms with van der Waals surface area (Å²) in [4.78, 5) is 20.6. The Bertz CT molecular complexity index is 513. The van der Waals surface area contributed by atoms with Crippen LogP contribution >= 0.6 is 11.3 Å². The Labute approximate surface area is 109 Å². The second-order valence-corrected chi connectivity index (χ2v) is 4.54. The number of nitrogens with one attached hydrogen (secondary N) is 1. The highest BCUT2D eigenvalue weighted by Crippen LogP contribution is 2.11. The number of hydroxylamine groups is 1. The Hall–Kier alpha value is -1.92. The Morgan fingerprint density at radius 3 is 2.83 bits per heavy atom. The molecule has 2 rings (SSSR count). The first-order chi connectivity index (χ1) is 8.74. The second kappa shape index (κ2) is 6.13. The van der Waals surface area contributed by atoms with E-state index in [2.05, 4.69) is 10.5 Å². The minimum Gasteiger partial charge on any atom is -0.375 e. The van der Waals surface area contributed by atoms with E-state index in [1.807, 2.05) is 30.3 Å². The topological polar surface area (TPSA) is 77.2 Å². The number of carbonyl (C=O) groups is 1. The van der Waals surface area contributed by atoms with Crippen LogP contribution in [0.4, 0.5) is 5.13 Å². The van der Waals surface area contributed by atoms with Gasteiger partial charge >= 0.3 is 0 Å². The molecule has 0 aliphatic rings. The van der Waals surface area contributed by atoms with Crippen LogP contribution in [-0.4, -0.2) is 10.9 Å². The third kappa shape index (κ3) is 3.83. The normalized spacial score (nSPS) is 10.2. The number of hydrogen-bond donors (Lipinski definition) is 2. The maximum Gasteiger partial charge on any atom is 0.249 e. The van der Waals surface area contributed by atoms with Crippen molar-refractivity contribution >= 4 is 22.4 Å². The van der Waals surface area contributed by atoms with E-state index < -0.39 is 0 Å². The Balaban J connectivity index is 1.72. The van der Waals surface area contributed by atoms with Crippen molar-refractivity contribution in [3.8, 4) is 0 Å². The van der Waals surface area contributed by atoms with Crippen molar-refractivity contribution in [2.45, 2.75) is 13.0 Å². The van der Waals surface area contributed by atoms with Crippen LogP contribution in [0.15, 0.2) is 35.7 Å². The third-order valence-electron chi connectivity index (χ3n) is 2.18. The number of nitrogens with two attached hydrogens (primary N) is 1. The summed E-state index contributed by atoms with van der Waals surface area (Å²) < 4.78 is 0. The van der Waals surface area contributed by atoms with Crippen molar-refractivity contribution < 1.29 is 9.63 Å². The molecule has 18 heavy (non-hydrogen) atoms. The molecule has 1 heterocycles. The molecule has 0 unspecified atom stereocenters. The van der Waals surface area contributed by atoms with Gasteiger partial charge in [0.1, 0.15) is 0 Å². The minimum absolute atomic E-state index is 0.169. The molecule has 94 valence electrons. The monoisotopic (exact) mass is 263 g/mol. The zero-order valence-electron chi connectivity index (χ0n) is 9.63. The van der Waals surface area contributed by atoms with Crippen LogP contribution in [0, 0.1) is 0 Å². The Morgan fingerprint density at radius 1 is 1.39 bits per heavy atom. The maximum absolute atomic E-state index is 11.5. The molecule has 0 radical (unpaired) electrons. The molecule has 1 amide bonds. The van der Waals surface area contributed by atoms with Crippen molar-refractivity contribution in [1.29, 1.82) is 0 Å². The molecule has 0 aliphatic carbocycles. The number of rotatable bonds is 5. The van der Waals surface area contributed by atoms with E-state index in [0.29, 0.717) is 17.4 Å². The lowest BCUT2D eigenvalue weighted by molar-refractivity contribution is -0.133. The number of aromatic nitrogens is 1. The van der Waals surface area contributed by atoms with E-state index in [4.69, 9.17) is 10.6 Å². The number of amides is 1. The fraction of sp³-hybridized carbons (Fsp3) is 0.167. The molecule has 6 heteroatoms. The van der Waals surface area contributed by atoms with Gasteiger partial charge in [0.2, 0.25) is 5.91 Å². The summed E-state index contributed by atoms with van der Waals surface area (Å²) in [6, 6.07) is 9.60. The highest BCUT2D eigenvalue weighted by molar-refractivity contribution is 7.13. The maximum atomic E-state index is 11.5. The smallest absolute Gasteiger partial charge is 0.249 e. The van der Waals surface area contributed by atoms with Crippen LogP contribution in [-0.2, 0) is 22.7 Å². The van der Waals surface area contributed by atoms with Crippen LogP contribution in [0.5, 0.6) is 0 Å². The van der Waals surface area contributed by atoms with E-state index in [-0.39, 0.29) is 12.3 Å². The van der Waals surface area contributed by atoms with E-state index >= 15 is 0 Å². The Morgan fingerprint density at radius 2 is 2.17 bits per heavy atom. The molecule has 3 N–H and O–H groups in total. The average molecular weight is 263 g/mol. The van der Waals surface area contributed by atoms with E-state index in [0.717, 1.165) is 5.56 Å². The molecule has 0 spiro atoms. The number of anilines is 1. The number of thiazole rings is 1. The molecule has 5 nitrogen and oxygen atoms in total. The first-order valence-corrected chi connectivity index (χ1v) is 6.26. The molecular weight excluding hydrogens is 250 g/mol. The molecule has 1 aromatic heterocycles. The van der Waals surface area contributed by atoms with Crippen LogP contribution in [0.3, 0.4) is 0 Å². The molecule has 0 fully saturated rings. The number of benzene rings is 1. The van der Waals surface area contributed by atoms with Crippen molar-refractivity contribution in [3.63, 3.8) is 0 Å². The van der Waals surface area contributed by atoms with Gasteiger partial charge in [-0.1, -0.05) is 30.3 Å². The average Bonchev–Trinajstić information content (AvgIpc) is 2.76. The minimum atomic E-state index is -0.240. The van der Waals surface area contributed by atoms with E-state index in [1.165, 1.54) is 11.3 Å². The molecule has 2 aromatic rings.